The van der Waals surface area contributed by atoms with Crippen molar-refractivity contribution in [2.45, 2.75) is 31.7 Å². The monoisotopic (exact) mass is 296 g/mol. The lowest BCUT2D eigenvalue weighted by molar-refractivity contribution is 0.528. The molecule has 0 spiro atoms. The van der Waals surface area contributed by atoms with E-state index in [1.54, 1.807) is 0 Å². The van der Waals surface area contributed by atoms with Gasteiger partial charge in [0.15, 0.2) is 0 Å². The number of rotatable bonds is 2. The third-order valence-corrected chi connectivity index (χ3v) is 4.75. The van der Waals surface area contributed by atoms with Gasteiger partial charge < -0.3 is 4.57 Å². The highest BCUT2D eigenvalue weighted by Gasteiger charge is 2.26. The highest BCUT2D eigenvalue weighted by molar-refractivity contribution is 6.16. The number of aromatic nitrogens is 2. The molecule has 0 radical (unpaired) electrons. The van der Waals surface area contributed by atoms with Crippen LogP contribution >= 0.6 is 11.6 Å². The van der Waals surface area contributed by atoms with E-state index in [-0.39, 0.29) is 0 Å². The normalized spacial score (nSPS) is 14.8. The van der Waals surface area contributed by atoms with Gasteiger partial charge in [0.2, 0.25) is 0 Å². The molecule has 1 aromatic heterocycles. The first-order valence-electron chi connectivity index (χ1n) is 7.37. The van der Waals surface area contributed by atoms with Crippen LogP contribution in [0, 0.1) is 6.92 Å². The molecule has 3 heteroatoms. The van der Waals surface area contributed by atoms with Gasteiger partial charge in [-0.05, 0) is 42.5 Å². The lowest BCUT2D eigenvalue weighted by Gasteiger charge is -2.15. The Morgan fingerprint density at radius 2 is 1.81 bits per heavy atom. The van der Waals surface area contributed by atoms with E-state index in [0.29, 0.717) is 11.9 Å². The number of hydrogen-bond acceptors (Lipinski definition) is 1. The van der Waals surface area contributed by atoms with Crippen molar-refractivity contribution in [2.75, 3.05) is 0 Å². The smallest absolute Gasteiger partial charge is 0.125 e. The third-order valence-electron chi connectivity index (χ3n) is 4.51. The van der Waals surface area contributed by atoms with Crippen LogP contribution in [0.4, 0.5) is 0 Å². The minimum Gasteiger partial charge on any atom is -0.323 e. The second-order valence-electron chi connectivity index (χ2n) is 5.81. The Bertz CT molecular complexity index is 794. The molecule has 3 aromatic rings. The number of nitrogens with zero attached hydrogens (tertiary/aromatic N) is 2. The quantitative estimate of drug-likeness (QED) is 0.640. The lowest BCUT2D eigenvalue weighted by atomic mass is 10.1. The van der Waals surface area contributed by atoms with Gasteiger partial charge in [0.25, 0.3) is 0 Å². The molecule has 21 heavy (non-hydrogen) atoms. The molecule has 1 aliphatic carbocycles. The molecule has 0 fully saturated rings. The van der Waals surface area contributed by atoms with Crippen LogP contribution in [0.25, 0.3) is 11.0 Å². The minimum absolute atomic E-state index is 0.433. The Balaban J connectivity index is 1.86. The number of hydrogen-bond donors (Lipinski definition) is 0. The van der Waals surface area contributed by atoms with Crippen molar-refractivity contribution in [3.63, 3.8) is 0 Å². The molecule has 1 heterocycles. The first kappa shape index (κ1) is 12.9. The van der Waals surface area contributed by atoms with E-state index in [1.165, 1.54) is 22.2 Å². The molecule has 0 saturated heterocycles. The van der Waals surface area contributed by atoms with E-state index >= 15 is 0 Å². The zero-order valence-electron chi connectivity index (χ0n) is 12.0. The summed E-state index contributed by atoms with van der Waals surface area (Å²) < 4.78 is 2.36. The molecule has 0 bridgehead atoms. The Morgan fingerprint density at radius 3 is 2.48 bits per heavy atom. The predicted molar refractivity (Wildman–Crippen MR) is 86.9 cm³/mol. The fourth-order valence-corrected chi connectivity index (χ4v) is 3.71. The summed E-state index contributed by atoms with van der Waals surface area (Å²) in [5.41, 5.74) is 6.43. The van der Waals surface area contributed by atoms with Crippen molar-refractivity contribution in [1.82, 2.24) is 9.55 Å². The minimum atomic E-state index is 0.433. The third kappa shape index (κ3) is 1.97. The second-order valence-corrected chi connectivity index (χ2v) is 6.07. The van der Waals surface area contributed by atoms with Crippen LogP contribution in [0.1, 0.15) is 28.6 Å². The van der Waals surface area contributed by atoms with Gasteiger partial charge in [-0.25, -0.2) is 4.98 Å². The van der Waals surface area contributed by atoms with Gasteiger partial charge in [-0.1, -0.05) is 36.4 Å². The Kier molecular flexibility index (Phi) is 3.00. The number of fused-ring (bicyclic) bond motifs is 2. The van der Waals surface area contributed by atoms with Gasteiger partial charge in [-0.3, -0.25) is 0 Å². The molecule has 2 aromatic carbocycles. The zero-order valence-corrected chi connectivity index (χ0v) is 12.8. The molecule has 0 atom stereocenters. The van der Waals surface area contributed by atoms with Crippen molar-refractivity contribution in [1.29, 1.82) is 0 Å². The van der Waals surface area contributed by atoms with E-state index in [0.717, 1.165) is 24.2 Å². The van der Waals surface area contributed by atoms with Crippen LogP contribution < -0.4 is 0 Å². The zero-order chi connectivity index (χ0) is 14.4. The van der Waals surface area contributed by atoms with Crippen LogP contribution in [0.2, 0.25) is 0 Å². The molecule has 0 N–H and O–H groups in total. The van der Waals surface area contributed by atoms with Crippen LogP contribution in [0.3, 0.4) is 0 Å². The summed E-state index contributed by atoms with van der Waals surface area (Å²) in [6.45, 7) is 2.11. The summed E-state index contributed by atoms with van der Waals surface area (Å²) in [5, 5.41) is 0. The van der Waals surface area contributed by atoms with Crippen LogP contribution in [0.5, 0.6) is 0 Å². The highest BCUT2D eigenvalue weighted by Crippen LogP contribution is 2.34. The summed E-state index contributed by atoms with van der Waals surface area (Å²) in [4.78, 5) is 4.77. The van der Waals surface area contributed by atoms with Crippen molar-refractivity contribution < 1.29 is 0 Å². The first-order chi connectivity index (χ1) is 10.3. The van der Waals surface area contributed by atoms with E-state index in [1.807, 2.05) is 0 Å². The van der Waals surface area contributed by atoms with Gasteiger partial charge in [0.1, 0.15) is 5.82 Å². The summed E-state index contributed by atoms with van der Waals surface area (Å²) in [6.07, 6.45) is 2.14. The van der Waals surface area contributed by atoms with Crippen LogP contribution in [-0.4, -0.2) is 9.55 Å². The molecule has 0 amide bonds. The number of alkyl halides is 1. The summed E-state index contributed by atoms with van der Waals surface area (Å²) in [6, 6.07) is 15.5. The van der Waals surface area contributed by atoms with E-state index in [4.69, 9.17) is 16.6 Å². The molecular formula is C18H17ClN2. The van der Waals surface area contributed by atoms with Crippen molar-refractivity contribution >= 4 is 22.6 Å². The number of para-hydroxylation sites is 1. The number of aryl methyl sites for hydroxylation is 1. The molecule has 0 aliphatic heterocycles. The van der Waals surface area contributed by atoms with Crippen molar-refractivity contribution in [2.24, 2.45) is 0 Å². The summed E-state index contributed by atoms with van der Waals surface area (Å²) in [7, 11) is 0. The van der Waals surface area contributed by atoms with Crippen molar-refractivity contribution in [3.05, 3.63) is 65.0 Å². The largest absolute Gasteiger partial charge is 0.323 e. The topological polar surface area (TPSA) is 17.8 Å². The van der Waals surface area contributed by atoms with E-state index in [2.05, 4.69) is 54.0 Å². The summed E-state index contributed by atoms with van der Waals surface area (Å²) >= 11 is 6.16. The Morgan fingerprint density at radius 1 is 1.10 bits per heavy atom. The van der Waals surface area contributed by atoms with E-state index in [9.17, 15) is 0 Å². The molecule has 1 aliphatic rings. The number of benzene rings is 2. The molecule has 106 valence electrons. The first-order valence-corrected chi connectivity index (χ1v) is 7.90. The van der Waals surface area contributed by atoms with Crippen LogP contribution in [-0.2, 0) is 18.7 Å². The molecule has 0 unspecified atom stereocenters. The maximum absolute atomic E-state index is 6.16. The average molecular weight is 297 g/mol. The predicted octanol–water partition coefficient (Wildman–Crippen LogP) is 4.42. The molecule has 2 nitrogen and oxygen atoms in total. The highest BCUT2D eigenvalue weighted by atomic mass is 35.5. The molecule has 0 saturated carbocycles. The number of halogens is 1. The van der Waals surface area contributed by atoms with Gasteiger partial charge in [0.05, 0.1) is 16.9 Å². The van der Waals surface area contributed by atoms with Crippen molar-refractivity contribution in [3.8, 4) is 0 Å². The fraction of sp³-hybridized carbons (Fsp3) is 0.278. The summed E-state index contributed by atoms with van der Waals surface area (Å²) in [5.74, 6) is 1.44. The van der Waals surface area contributed by atoms with Gasteiger partial charge in [-0.2, -0.15) is 0 Å². The Labute approximate surface area is 129 Å². The average Bonchev–Trinajstić information content (AvgIpc) is 3.08. The molecular weight excluding hydrogens is 280 g/mol. The SMILES string of the molecule is Cc1cccc2c1nc(CCl)n2C1Cc2ccccc2C1. The molecule has 4 rings (SSSR count). The lowest BCUT2D eigenvalue weighted by Crippen LogP contribution is -2.11. The number of imidazole rings is 1. The maximum Gasteiger partial charge on any atom is 0.125 e. The maximum atomic E-state index is 6.16. The van der Waals surface area contributed by atoms with Gasteiger partial charge in [-0.15, -0.1) is 11.6 Å². The van der Waals surface area contributed by atoms with Gasteiger partial charge >= 0.3 is 0 Å². The van der Waals surface area contributed by atoms with Gasteiger partial charge in [0, 0.05) is 6.04 Å². The second kappa shape index (κ2) is 4.88. The van der Waals surface area contributed by atoms with Crippen LogP contribution in [0.15, 0.2) is 42.5 Å². The Hall–Kier alpha value is -1.80. The van der Waals surface area contributed by atoms with E-state index < -0.39 is 0 Å². The fourth-order valence-electron chi connectivity index (χ4n) is 3.53. The standard InChI is InChI=1S/C18H17ClN2/c1-12-5-4-8-16-18(12)20-17(11-19)21(16)15-9-13-6-2-3-7-14(13)10-15/h2-8,15H,9-11H2,1H3.